The molecule has 3 unspecified atom stereocenters. The van der Waals surface area contributed by atoms with E-state index < -0.39 is 0 Å². The molecule has 112 valence electrons. The van der Waals surface area contributed by atoms with Crippen molar-refractivity contribution >= 4 is 11.8 Å². The zero-order chi connectivity index (χ0) is 14.8. The molecule has 1 saturated heterocycles. The van der Waals surface area contributed by atoms with Gasteiger partial charge in [0.2, 0.25) is 11.8 Å². The lowest BCUT2D eigenvalue weighted by Crippen LogP contribution is -2.46. The number of amides is 2. The van der Waals surface area contributed by atoms with Crippen LogP contribution in [-0.4, -0.2) is 29.3 Å². The quantitative estimate of drug-likeness (QED) is 0.857. The van der Waals surface area contributed by atoms with Crippen molar-refractivity contribution in [2.75, 3.05) is 6.54 Å². The molecule has 1 aliphatic heterocycles. The Bertz CT molecular complexity index is 505. The Labute approximate surface area is 125 Å². The maximum atomic E-state index is 12.6. The third-order valence-electron chi connectivity index (χ3n) is 4.83. The number of carbonyl (C=O) groups excluding carboxylic acids is 2. The monoisotopic (exact) mass is 286 g/mol. The van der Waals surface area contributed by atoms with Gasteiger partial charge < -0.3 is 5.73 Å². The Kier molecular flexibility index (Phi) is 4.06. The first-order valence-electron chi connectivity index (χ1n) is 7.83. The zero-order valence-electron chi connectivity index (χ0n) is 12.2. The Hall–Kier alpha value is -1.68. The van der Waals surface area contributed by atoms with Crippen LogP contribution in [0.15, 0.2) is 30.3 Å². The molecule has 0 aromatic heterocycles. The molecule has 21 heavy (non-hydrogen) atoms. The molecule has 2 aliphatic rings. The van der Waals surface area contributed by atoms with Gasteiger partial charge in [0.05, 0.1) is 17.9 Å². The highest BCUT2D eigenvalue weighted by Gasteiger charge is 2.49. The molecule has 2 amide bonds. The van der Waals surface area contributed by atoms with Gasteiger partial charge in [0.25, 0.3) is 0 Å². The Morgan fingerprint density at radius 2 is 1.62 bits per heavy atom. The average molecular weight is 286 g/mol. The van der Waals surface area contributed by atoms with Crippen molar-refractivity contribution < 1.29 is 9.59 Å². The van der Waals surface area contributed by atoms with Crippen LogP contribution in [0.1, 0.15) is 31.2 Å². The van der Waals surface area contributed by atoms with E-state index in [9.17, 15) is 9.59 Å². The number of likely N-dealkylation sites (tertiary alicyclic amines) is 1. The Balaban J connectivity index is 1.80. The molecule has 3 rings (SSSR count). The van der Waals surface area contributed by atoms with Crippen molar-refractivity contribution in [1.29, 1.82) is 0 Å². The molecule has 0 spiro atoms. The van der Waals surface area contributed by atoms with Crippen LogP contribution in [0.2, 0.25) is 0 Å². The highest BCUT2D eigenvalue weighted by Crippen LogP contribution is 2.39. The zero-order valence-corrected chi connectivity index (χ0v) is 12.2. The predicted molar refractivity (Wildman–Crippen MR) is 80.3 cm³/mol. The Morgan fingerprint density at radius 3 is 2.14 bits per heavy atom. The summed E-state index contributed by atoms with van der Waals surface area (Å²) >= 11 is 0. The minimum Gasteiger partial charge on any atom is -0.328 e. The molecule has 1 aliphatic carbocycles. The summed E-state index contributed by atoms with van der Waals surface area (Å²) in [4.78, 5) is 26.7. The molecule has 1 aromatic carbocycles. The Morgan fingerprint density at radius 1 is 1.05 bits per heavy atom. The summed E-state index contributed by atoms with van der Waals surface area (Å²) in [6, 6.07) is 9.72. The van der Waals surface area contributed by atoms with Gasteiger partial charge in [0.1, 0.15) is 0 Å². The van der Waals surface area contributed by atoms with Gasteiger partial charge >= 0.3 is 0 Å². The molecule has 3 atom stereocenters. The van der Waals surface area contributed by atoms with Crippen LogP contribution in [-0.2, 0) is 16.0 Å². The number of carbonyl (C=O) groups is 2. The highest BCUT2D eigenvalue weighted by molar-refractivity contribution is 6.05. The molecular weight excluding hydrogens is 264 g/mol. The number of fused-ring (bicyclic) bond motifs is 1. The summed E-state index contributed by atoms with van der Waals surface area (Å²) in [5.74, 6) is -0.153. The van der Waals surface area contributed by atoms with E-state index in [1.165, 1.54) is 4.90 Å². The number of rotatable bonds is 4. The van der Waals surface area contributed by atoms with Crippen molar-refractivity contribution in [2.45, 2.75) is 38.1 Å². The number of nitrogens with zero attached hydrogens (tertiary/aromatic N) is 1. The molecule has 0 radical (unpaired) electrons. The second-order valence-electron chi connectivity index (χ2n) is 6.12. The first-order chi connectivity index (χ1) is 10.2. The van der Waals surface area contributed by atoms with Crippen LogP contribution >= 0.6 is 0 Å². The minimum absolute atomic E-state index is 0.0103. The van der Waals surface area contributed by atoms with Crippen LogP contribution in [0.4, 0.5) is 0 Å². The van der Waals surface area contributed by atoms with E-state index in [0.29, 0.717) is 13.0 Å². The van der Waals surface area contributed by atoms with Crippen molar-refractivity contribution in [3.63, 3.8) is 0 Å². The van der Waals surface area contributed by atoms with Crippen LogP contribution in [0.5, 0.6) is 0 Å². The lowest BCUT2D eigenvalue weighted by Gasteiger charge is -2.25. The van der Waals surface area contributed by atoms with Crippen LogP contribution in [0.3, 0.4) is 0 Å². The first-order valence-corrected chi connectivity index (χ1v) is 7.83. The first kappa shape index (κ1) is 14.3. The maximum Gasteiger partial charge on any atom is 0.233 e. The van der Waals surface area contributed by atoms with Gasteiger partial charge in [-0.3, -0.25) is 14.5 Å². The number of nitrogens with two attached hydrogens (primary N) is 1. The fourth-order valence-corrected chi connectivity index (χ4v) is 3.71. The van der Waals surface area contributed by atoms with E-state index >= 15 is 0 Å². The predicted octanol–water partition coefficient (Wildman–Crippen LogP) is 1.73. The normalized spacial score (nSPS) is 26.8. The lowest BCUT2D eigenvalue weighted by atomic mass is 9.81. The number of hydrogen-bond donors (Lipinski definition) is 1. The van der Waals surface area contributed by atoms with Crippen molar-refractivity contribution in [3.05, 3.63) is 35.9 Å². The van der Waals surface area contributed by atoms with Gasteiger partial charge in [-0.15, -0.1) is 0 Å². The molecule has 0 bridgehead atoms. The van der Waals surface area contributed by atoms with Crippen molar-refractivity contribution in [1.82, 2.24) is 4.90 Å². The van der Waals surface area contributed by atoms with Crippen LogP contribution < -0.4 is 5.73 Å². The smallest absolute Gasteiger partial charge is 0.233 e. The fourth-order valence-electron chi connectivity index (χ4n) is 3.71. The highest BCUT2D eigenvalue weighted by atomic mass is 16.2. The molecule has 2 N–H and O–H groups in total. The molecule has 1 saturated carbocycles. The third kappa shape index (κ3) is 2.60. The molecular formula is C17H22N2O2. The second kappa shape index (κ2) is 5.98. The molecule has 2 fully saturated rings. The molecule has 1 heterocycles. The largest absolute Gasteiger partial charge is 0.328 e. The van der Waals surface area contributed by atoms with Crippen molar-refractivity contribution in [3.8, 4) is 0 Å². The second-order valence-corrected chi connectivity index (χ2v) is 6.12. The lowest BCUT2D eigenvalue weighted by molar-refractivity contribution is -0.142. The standard InChI is InChI=1S/C17H22N2O2/c18-11-13(10-12-6-2-1-3-7-12)19-16(20)14-8-4-5-9-15(14)17(19)21/h1-3,6-7,13-15H,4-5,8-11,18H2. The summed E-state index contributed by atoms with van der Waals surface area (Å²) < 4.78 is 0. The van der Waals surface area contributed by atoms with Gasteiger partial charge in [-0.1, -0.05) is 43.2 Å². The summed E-state index contributed by atoms with van der Waals surface area (Å²) in [5.41, 5.74) is 6.98. The number of benzene rings is 1. The minimum atomic E-state index is -0.210. The van der Waals surface area contributed by atoms with Crippen LogP contribution in [0, 0.1) is 11.8 Å². The van der Waals surface area contributed by atoms with Gasteiger partial charge in [-0.05, 0) is 24.8 Å². The van der Waals surface area contributed by atoms with E-state index in [4.69, 9.17) is 5.73 Å². The topological polar surface area (TPSA) is 63.4 Å². The van der Waals surface area contributed by atoms with Gasteiger partial charge in [-0.25, -0.2) is 0 Å². The molecule has 4 nitrogen and oxygen atoms in total. The summed E-state index contributed by atoms with van der Waals surface area (Å²) in [5, 5.41) is 0. The van der Waals surface area contributed by atoms with E-state index in [1.807, 2.05) is 30.3 Å². The van der Waals surface area contributed by atoms with Crippen LogP contribution in [0.25, 0.3) is 0 Å². The SMILES string of the molecule is NCC(Cc1ccccc1)N1C(=O)C2CCCCC2C1=O. The van der Waals surface area contributed by atoms with E-state index in [2.05, 4.69) is 0 Å². The average Bonchev–Trinajstić information content (AvgIpc) is 2.78. The number of hydrogen-bond acceptors (Lipinski definition) is 3. The summed E-state index contributed by atoms with van der Waals surface area (Å²) in [7, 11) is 0. The van der Waals surface area contributed by atoms with E-state index in [1.54, 1.807) is 0 Å². The molecule has 1 aromatic rings. The van der Waals surface area contributed by atoms with E-state index in [-0.39, 0.29) is 29.7 Å². The fraction of sp³-hybridized carbons (Fsp3) is 0.529. The van der Waals surface area contributed by atoms with Crippen molar-refractivity contribution in [2.24, 2.45) is 17.6 Å². The van der Waals surface area contributed by atoms with E-state index in [0.717, 1.165) is 31.2 Å². The molecule has 4 heteroatoms. The van der Waals surface area contributed by atoms with Gasteiger partial charge in [0, 0.05) is 6.54 Å². The summed E-state index contributed by atoms with van der Waals surface area (Å²) in [6.45, 7) is 0.325. The third-order valence-corrected chi connectivity index (χ3v) is 4.83. The van der Waals surface area contributed by atoms with Gasteiger partial charge in [-0.2, -0.15) is 0 Å². The maximum absolute atomic E-state index is 12.6. The van der Waals surface area contributed by atoms with Gasteiger partial charge in [0.15, 0.2) is 0 Å². The number of imide groups is 1. The summed E-state index contributed by atoms with van der Waals surface area (Å²) in [6.07, 6.45) is 4.47.